The van der Waals surface area contributed by atoms with Gasteiger partial charge in [-0.2, -0.15) is 4.98 Å². The molecule has 0 unspecified atom stereocenters. The highest BCUT2D eigenvalue weighted by atomic mass is 16.2. The number of aromatic nitrogens is 3. The van der Waals surface area contributed by atoms with Crippen LogP contribution in [0.5, 0.6) is 0 Å². The Kier molecular flexibility index (Phi) is 3.49. The fourth-order valence-electron chi connectivity index (χ4n) is 1.82. The molecule has 0 aliphatic heterocycles. The summed E-state index contributed by atoms with van der Waals surface area (Å²) in [6, 6.07) is 0. The van der Waals surface area contributed by atoms with E-state index < -0.39 is 5.41 Å². The number of fused-ring (bicyclic) bond motifs is 1. The third kappa shape index (κ3) is 2.50. The van der Waals surface area contributed by atoms with Crippen LogP contribution in [0.25, 0.3) is 11.0 Å². The molecule has 0 fully saturated rings. The first kappa shape index (κ1) is 14.1. The average Bonchev–Trinajstić information content (AvgIpc) is 2.79. The zero-order valence-corrected chi connectivity index (χ0v) is 12.2. The fourth-order valence-corrected chi connectivity index (χ4v) is 1.82. The number of nitrogens with zero attached hydrogens (tertiary/aromatic N) is 2. The maximum Gasteiger partial charge on any atom is 0.232 e. The third-order valence-electron chi connectivity index (χ3n) is 3.00. The number of carbonyl (C=O) groups is 1. The minimum Gasteiger partial charge on any atom is -0.345 e. The largest absolute Gasteiger partial charge is 0.345 e. The van der Waals surface area contributed by atoms with Crippen LogP contribution in [0.15, 0.2) is 6.20 Å². The number of carbonyl (C=O) groups excluding carboxylic acids is 1. The van der Waals surface area contributed by atoms with Crippen LogP contribution in [0.3, 0.4) is 0 Å². The molecule has 0 aliphatic rings. The molecule has 0 aliphatic carbocycles. The van der Waals surface area contributed by atoms with Crippen LogP contribution < -0.4 is 5.32 Å². The lowest BCUT2D eigenvalue weighted by Crippen LogP contribution is -2.28. The van der Waals surface area contributed by atoms with Crippen molar-refractivity contribution in [2.24, 2.45) is 5.41 Å². The van der Waals surface area contributed by atoms with E-state index in [0.717, 1.165) is 16.6 Å². The number of rotatable bonds is 2. The van der Waals surface area contributed by atoms with Crippen molar-refractivity contribution in [3.63, 3.8) is 0 Å². The summed E-state index contributed by atoms with van der Waals surface area (Å²) < 4.78 is 0. The quantitative estimate of drug-likeness (QED) is 0.824. The summed E-state index contributed by atoms with van der Waals surface area (Å²) in [7, 11) is 0. The number of terminal acetylenes is 1. The molecule has 5 nitrogen and oxygen atoms in total. The molecule has 2 rings (SSSR count). The molecular formula is C15H18N4O. The molecular weight excluding hydrogens is 252 g/mol. The van der Waals surface area contributed by atoms with E-state index in [1.54, 1.807) is 6.20 Å². The van der Waals surface area contributed by atoms with Crippen molar-refractivity contribution in [1.29, 1.82) is 0 Å². The van der Waals surface area contributed by atoms with Gasteiger partial charge in [-0.15, -0.1) is 6.42 Å². The minimum atomic E-state index is -0.496. The Morgan fingerprint density at radius 1 is 1.45 bits per heavy atom. The number of aromatic amines is 1. The van der Waals surface area contributed by atoms with Gasteiger partial charge in [0, 0.05) is 11.6 Å². The van der Waals surface area contributed by atoms with Gasteiger partial charge in [0.15, 0.2) is 0 Å². The van der Waals surface area contributed by atoms with Crippen LogP contribution in [-0.4, -0.2) is 20.9 Å². The second-order valence-corrected chi connectivity index (χ2v) is 5.62. The molecule has 2 aromatic heterocycles. The smallest absolute Gasteiger partial charge is 0.232 e. The standard InChI is InChI=1S/C15H18N4O/c1-6-9-8-16-12-11(9)10(7-2)17-14(18-12)19-13(20)15(3,4)5/h1,8H,7H2,2-5H3,(H2,16,17,18,19,20). The Hall–Kier alpha value is -2.35. The highest BCUT2D eigenvalue weighted by Gasteiger charge is 2.22. The normalized spacial score (nSPS) is 11.3. The van der Waals surface area contributed by atoms with E-state index in [1.807, 2.05) is 27.7 Å². The van der Waals surface area contributed by atoms with Gasteiger partial charge in [0.1, 0.15) is 5.65 Å². The molecule has 5 heteroatoms. The van der Waals surface area contributed by atoms with Gasteiger partial charge in [-0.1, -0.05) is 33.6 Å². The van der Waals surface area contributed by atoms with Crippen molar-refractivity contribution in [1.82, 2.24) is 15.0 Å². The van der Waals surface area contributed by atoms with E-state index in [0.29, 0.717) is 18.0 Å². The average molecular weight is 270 g/mol. The van der Waals surface area contributed by atoms with Gasteiger partial charge in [0.25, 0.3) is 0 Å². The second kappa shape index (κ2) is 4.97. The minimum absolute atomic E-state index is 0.123. The van der Waals surface area contributed by atoms with Crippen LogP contribution in [0, 0.1) is 17.8 Å². The SMILES string of the molecule is C#Cc1c[nH]c2nc(NC(=O)C(C)(C)C)nc(CC)c12. The third-order valence-corrected chi connectivity index (χ3v) is 3.00. The first-order chi connectivity index (χ1) is 9.36. The van der Waals surface area contributed by atoms with Crippen LogP contribution >= 0.6 is 0 Å². The van der Waals surface area contributed by atoms with Gasteiger partial charge in [0.05, 0.1) is 16.6 Å². The van der Waals surface area contributed by atoms with Gasteiger partial charge in [-0.3, -0.25) is 10.1 Å². The summed E-state index contributed by atoms with van der Waals surface area (Å²) >= 11 is 0. The molecule has 1 amide bonds. The summed E-state index contributed by atoms with van der Waals surface area (Å²) in [6.07, 6.45) is 7.91. The van der Waals surface area contributed by atoms with E-state index in [9.17, 15) is 4.79 Å². The lowest BCUT2D eigenvalue weighted by Gasteiger charge is -2.17. The number of aryl methyl sites for hydroxylation is 1. The van der Waals surface area contributed by atoms with Gasteiger partial charge in [-0.25, -0.2) is 4.98 Å². The Balaban J connectivity index is 2.48. The summed E-state index contributed by atoms with van der Waals surface area (Å²) in [4.78, 5) is 23.7. The number of hydrogen-bond acceptors (Lipinski definition) is 3. The summed E-state index contributed by atoms with van der Waals surface area (Å²) in [5.41, 5.74) is 1.72. The van der Waals surface area contributed by atoms with Crippen LogP contribution in [0.1, 0.15) is 39.0 Å². The van der Waals surface area contributed by atoms with E-state index >= 15 is 0 Å². The molecule has 104 valence electrons. The molecule has 0 spiro atoms. The number of nitrogens with one attached hydrogen (secondary N) is 2. The number of hydrogen-bond donors (Lipinski definition) is 2. The highest BCUT2D eigenvalue weighted by molar-refractivity contribution is 5.94. The second-order valence-electron chi connectivity index (χ2n) is 5.62. The van der Waals surface area contributed by atoms with Crippen molar-refractivity contribution < 1.29 is 4.79 Å². The monoisotopic (exact) mass is 270 g/mol. The van der Waals surface area contributed by atoms with Crippen molar-refractivity contribution in [2.45, 2.75) is 34.1 Å². The Morgan fingerprint density at radius 2 is 2.15 bits per heavy atom. The number of H-pyrrole nitrogens is 1. The van der Waals surface area contributed by atoms with Gasteiger partial charge in [-0.05, 0) is 6.42 Å². The van der Waals surface area contributed by atoms with Crippen molar-refractivity contribution in [2.75, 3.05) is 5.32 Å². The zero-order chi connectivity index (χ0) is 14.9. The Morgan fingerprint density at radius 3 is 2.70 bits per heavy atom. The van der Waals surface area contributed by atoms with Crippen LogP contribution in [-0.2, 0) is 11.2 Å². The van der Waals surface area contributed by atoms with Crippen molar-refractivity contribution in [3.8, 4) is 12.3 Å². The summed E-state index contributed by atoms with van der Waals surface area (Å²) in [5, 5.41) is 3.59. The molecule has 0 saturated heterocycles. The van der Waals surface area contributed by atoms with Crippen LogP contribution in [0.2, 0.25) is 0 Å². The molecule has 0 atom stereocenters. The zero-order valence-electron chi connectivity index (χ0n) is 12.2. The predicted molar refractivity (Wildman–Crippen MR) is 79.3 cm³/mol. The van der Waals surface area contributed by atoms with Gasteiger partial charge in [0.2, 0.25) is 11.9 Å². The maximum atomic E-state index is 12.0. The number of amides is 1. The molecule has 0 bridgehead atoms. The van der Waals surface area contributed by atoms with E-state index in [1.165, 1.54) is 0 Å². The predicted octanol–water partition coefficient (Wildman–Crippen LogP) is 2.49. The molecule has 2 N–H and O–H groups in total. The van der Waals surface area contributed by atoms with E-state index in [4.69, 9.17) is 6.42 Å². The van der Waals surface area contributed by atoms with Crippen molar-refractivity contribution in [3.05, 3.63) is 17.5 Å². The lowest BCUT2D eigenvalue weighted by atomic mass is 9.96. The first-order valence-electron chi connectivity index (χ1n) is 6.53. The Labute approximate surface area is 118 Å². The van der Waals surface area contributed by atoms with Gasteiger partial charge < -0.3 is 4.98 Å². The maximum absolute atomic E-state index is 12.0. The van der Waals surface area contributed by atoms with Gasteiger partial charge >= 0.3 is 0 Å². The Bertz CT molecular complexity index is 701. The molecule has 0 saturated carbocycles. The number of anilines is 1. The molecule has 0 radical (unpaired) electrons. The summed E-state index contributed by atoms with van der Waals surface area (Å²) in [6.45, 7) is 7.51. The highest BCUT2D eigenvalue weighted by Crippen LogP contribution is 2.22. The molecule has 2 aromatic rings. The summed E-state index contributed by atoms with van der Waals surface area (Å²) in [5.74, 6) is 2.79. The first-order valence-corrected chi connectivity index (χ1v) is 6.53. The molecule has 2 heterocycles. The molecule has 20 heavy (non-hydrogen) atoms. The van der Waals surface area contributed by atoms with E-state index in [-0.39, 0.29) is 5.91 Å². The fraction of sp³-hybridized carbons (Fsp3) is 0.400. The molecule has 0 aromatic carbocycles. The van der Waals surface area contributed by atoms with E-state index in [2.05, 4.69) is 26.2 Å². The van der Waals surface area contributed by atoms with Crippen LogP contribution in [0.4, 0.5) is 5.95 Å². The van der Waals surface area contributed by atoms with Crippen molar-refractivity contribution >= 4 is 22.9 Å². The lowest BCUT2D eigenvalue weighted by molar-refractivity contribution is -0.123. The topological polar surface area (TPSA) is 70.7 Å².